The van der Waals surface area contributed by atoms with Gasteiger partial charge in [-0.15, -0.1) is 0 Å². The Hall–Kier alpha value is -2.68. The summed E-state index contributed by atoms with van der Waals surface area (Å²) in [5.41, 5.74) is 2.75. The molecule has 9 heteroatoms. The molecular weight excluding hydrogens is 402 g/mol. The number of rotatable bonds is 3. The zero-order valence-corrected chi connectivity index (χ0v) is 18.4. The molecule has 4 rings (SSSR count). The molecule has 0 radical (unpaired) electrons. The predicted molar refractivity (Wildman–Crippen MR) is 116 cm³/mol. The minimum absolute atomic E-state index is 0.0704. The minimum atomic E-state index is -3.32. The fraction of sp³-hybridized carbons (Fsp3) is 0.476. The fourth-order valence-electron chi connectivity index (χ4n) is 4.14. The van der Waals surface area contributed by atoms with Crippen molar-refractivity contribution in [3.63, 3.8) is 0 Å². The molecule has 160 valence electrons. The summed E-state index contributed by atoms with van der Waals surface area (Å²) in [5.74, 6) is 1.47. The van der Waals surface area contributed by atoms with Gasteiger partial charge in [-0.1, -0.05) is 13.0 Å². The Balaban J connectivity index is 1.41. The third-order valence-corrected chi connectivity index (χ3v) is 7.61. The highest BCUT2D eigenvalue weighted by atomic mass is 32.2. The van der Waals surface area contributed by atoms with Crippen LogP contribution in [0, 0.1) is 19.8 Å². The second-order valence-corrected chi connectivity index (χ2v) is 10.2. The largest absolute Gasteiger partial charge is 0.353 e. The van der Waals surface area contributed by atoms with Crippen LogP contribution in [0.5, 0.6) is 0 Å². The highest BCUT2D eigenvalue weighted by Gasteiger charge is 2.34. The van der Waals surface area contributed by atoms with Gasteiger partial charge >= 0.3 is 0 Å². The van der Waals surface area contributed by atoms with Crippen molar-refractivity contribution < 1.29 is 13.2 Å². The molecule has 1 amide bonds. The maximum absolute atomic E-state index is 12.9. The molecule has 0 aromatic carbocycles. The zero-order valence-electron chi connectivity index (χ0n) is 17.6. The number of pyridine rings is 2. The first kappa shape index (κ1) is 20.6. The molecule has 0 unspecified atom stereocenters. The van der Waals surface area contributed by atoms with E-state index in [1.165, 1.54) is 10.5 Å². The topological polar surface area (TPSA) is 86.7 Å². The summed E-state index contributed by atoms with van der Waals surface area (Å²) in [6.07, 6.45) is 3.35. The summed E-state index contributed by atoms with van der Waals surface area (Å²) in [6.45, 7) is 9.07. The molecule has 0 N–H and O–H groups in total. The molecule has 0 spiro atoms. The lowest BCUT2D eigenvalue weighted by Crippen LogP contribution is -2.49. The predicted octanol–water partition coefficient (Wildman–Crippen LogP) is 1.84. The third kappa shape index (κ3) is 3.98. The summed E-state index contributed by atoms with van der Waals surface area (Å²) in [7, 11) is -3.32. The van der Waals surface area contributed by atoms with Gasteiger partial charge in [0.1, 0.15) is 11.6 Å². The van der Waals surface area contributed by atoms with Crippen molar-refractivity contribution in [3.05, 3.63) is 47.3 Å². The van der Waals surface area contributed by atoms with Crippen LogP contribution in [0.1, 0.15) is 28.4 Å². The van der Waals surface area contributed by atoms with Crippen LogP contribution in [-0.2, 0) is 10.0 Å². The number of anilines is 2. The number of amides is 1. The molecule has 2 fully saturated rings. The zero-order chi connectivity index (χ0) is 21.5. The van der Waals surface area contributed by atoms with E-state index in [1.807, 2.05) is 24.9 Å². The van der Waals surface area contributed by atoms with Crippen LogP contribution < -0.4 is 9.21 Å². The lowest BCUT2D eigenvalue weighted by atomic mass is 10.2. The number of hydrogen-bond acceptors (Lipinski definition) is 6. The van der Waals surface area contributed by atoms with Crippen molar-refractivity contribution in [2.24, 2.45) is 5.92 Å². The van der Waals surface area contributed by atoms with E-state index in [9.17, 15) is 13.2 Å². The molecule has 2 aliphatic rings. The number of carbonyl (C=O) groups is 1. The smallest absolute Gasteiger partial charge is 0.255 e. The van der Waals surface area contributed by atoms with E-state index in [0.29, 0.717) is 31.0 Å². The van der Waals surface area contributed by atoms with Crippen LogP contribution in [0.4, 0.5) is 11.6 Å². The van der Waals surface area contributed by atoms with Gasteiger partial charge in [0.25, 0.3) is 5.91 Å². The molecule has 4 heterocycles. The highest BCUT2D eigenvalue weighted by Crippen LogP contribution is 2.25. The lowest BCUT2D eigenvalue weighted by Gasteiger charge is -2.36. The number of piperazine rings is 1. The summed E-state index contributed by atoms with van der Waals surface area (Å²) in [5, 5.41) is 0. The maximum atomic E-state index is 12.9. The quantitative estimate of drug-likeness (QED) is 0.740. The Kier molecular flexibility index (Phi) is 5.40. The van der Waals surface area contributed by atoms with Gasteiger partial charge in [-0.05, 0) is 43.0 Å². The standard InChI is InChI=1S/C21H27N5O3S/c1-15-10-17(3)20(23-11-15)24-6-8-25(9-7-24)21(27)18-4-5-19(22-12-18)26-13-16(2)14-30(26,28)29/h4-5,10-12,16H,6-9,13-14H2,1-3H3/t16-/m0/s1. The number of aromatic nitrogens is 2. The Morgan fingerprint density at radius 2 is 1.80 bits per heavy atom. The first-order chi connectivity index (χ1) is 14.2. The van der Waals surface area contributed by atoms with Gasteiger partial charge < -0.3 is 9.80 Å². The molecule has 0 aliphatic carbocycles. The van der Waals surface area contributed by atoms with Crippen LogP contribution in [-0.4, -0.2) is 67.7 Å². The average Bonchev–Trinajstić information content (AvgIpc) is 3.00. The lowest BCUT2D eigenvalue weighted by molar-refractivity contribution is 0.0746. The fourth-order valence-corrected chi connectivity index (χ4v) is 6.02. The van der Waals surface area contributed by atoms with Crippen LogP contribution in [0.25, 0.3) is 0 Å². The van der Waals surface area contributed by atoms with E-state index in [-0.39, 0.29) is 17.6 Å². The Morgan fingerprint density at radius 1 is 1.07 bits per heavy atom. The SMILES string of the molecule is Cc1cnc(N2CCN(C(=O)c3ccc(N4C[C@H](C)CS4(=O)=O)nc3)CC2)c(C)c1. The second-order valence-electron chi connectivity index (χ2n) is 8.25. The van der Waals surface area contributed by atoms with Crippen LogP contribution >= 0.6 is 0 Å². The Labute approximate surface area is 177 Å². The van der Waals surface area contributed by atoms with E-state index in [2.05, 4.69) is 27.9 Å². The van der Waals surface area contributed by atoms with Gasteiger partial charge in [0, 0.05) is 45.1 Å². The molecule has 8 nitrogen and oxygen atoms in total. The molecule has 0 saturated carbocycles. The third-order valence-electron chi connectivity index (χ3n) is 5.61. The van der Waals surface area contributed by atoms with Gasteiger partial charge in [-0.2, -0.15) is 0 Å². The van der Waals surface area contributed by atoms with E-state index in [4.69, 9.17) is 0 Å². The second kappa shape index (κ2) is 7.86. The number of hydrogen-bond donors (Lipinski definition) is 0. The monoisotopic (exact) mass is 429 g/mol. The van der Waals surface area contributed by atoms with Crippen molar-refractivity contribution in [2.45, 2.75) is 20.8 Å². The maximum Gasteiger partial charge on any atom is 0.255 e. The summed E-state index contributed by atoms with van der Waals surface area (Å²) in [4.78, 5) is 25.7. The van der Waals surface area contributed by atoms with Gasteiger partial charge in [0.15, 0.2) is 0 Å². The molecule has 30 heavy (non-hydrogen) atoms. The van der Waals surface area contributed by atoms with Crippen molar-refractivity contribution in [1.82, 2.24) is 14.9 Å². The van der Waals surface area contributed by atoms with Crippen LogP contribution in [0.2, 0.25) is 0 Å². The Bertz CT molecular complexity index is 1050. The van der Waals surface area contributed by atoms with E-state index < -0.39 is 10.0 Å². The molecule has 2 aromatic rings. The van der Waals surface area contributed by atoms with Gasteiger partial charge in [-0.3, -0.25) is 9.10 Å². The molecule has 2 aromatic heterocycles. The van der Waals surface area contributed by atoms with Crippen LogP contribution in [0.15, 0.2) is 30.6 Å². The van der Waals surface area contributed by atoms with E-state index >= 15 is 0 Å². The molecular formula is C21H27N5O3S. The van der Waals surface area contributed by atoms with Gasteiger partial charge in [0.05, 0.1) is 11.3 Å². The summed E-state index contributed by atoms with van der Waals surface area (Å²) in [6, 6.07) is 5.41. The van der Waals surface area contributed by atoms with Crippen molar-refractivity contribution in [2.75, 3.05) is 47.7 Å². The summed E-state index contributed by atoms with van der Waals surface area (Å²) < 4.78 is 25.8. The molecule has 2 aliphatic heterocycles. The number of sulfonamides is 1. The first-order valence-corrected chi connectivity index (χ1v) is 11.8. The Morgan fingerprint density at radius 3 is 2.37 bits per heavy atom. The molecule has 2 saturated heterocycles. The van der Waals surface area contributed by atoms with Gasteiger partial charge in [-0.25, -0.2) is 18.4 Å². The summed E-state index contributed by atoms with van der Waals surface area (Å²) >= 11 is 0. The first-order valence-electron chi connectivity index (χ1n) is 10.2. The van der Waals surface area contributed by atoms with E-state index in [0.717, 1.165) is 30.0 Å². The molecule has 0 bridgehead atoms. The van der Waals surface area contributed by atoms with Crippen LogP contribution in [0.3, 0.4) is 0 Å². The van der Waals surface area contributed by atoms with Crippen molar-refractivity contribution in [1.29, 1.82) is 0 Å². The number of nitrogens with zero attached hydrogens (tertiary/aromatic N) is 5. The average molecular weight is 430 g/mol. The number of aryl methyl sites for hydroxylation is 2. The van der Waals surface area contributed by atoms with E-state index in [1.54, 1.807) is 12.1 Å². The van der Waals surface area contributed by atoms with Gasteiger partial charge in [0.2, 0.25) is 10.0 Å². The minimum Gasteiger partial charge on any atom is -0.353 e. The van der Waals surface area contributed by atoms with Crippen molar-refractivity contribution in [3.8, 4) is 0 Å². The normalized spacial score (nSPS) is 21.2. The highest BCUT2D eigenvalue weighted by molar-refractivity contribution is 7.93. The van der Waals surface area contributed by atoms with Crippen molar-refractivity contribution >= 4 is 27.6 Å². The molecule has 1 atom stereocenters. The number of carbonyl (C=O) groups excluding carboxylic acids is 1.